The van der Waals surface area contributed by atoms with E-state index >= 15 is 0 Å². The van der Waals surface area contributed by atoms with Crippen LogP contribution < -0.4 is 0 Å². The van der Waals surface area contributed by atoms with Crippen LogP contribution in [-0.4, -0.2) is 100 Å². The minimum Gasteiger partial charge on any atom is -0.396 e. The molecular formula is C89H140O11S. The first-order valence-corrected chi connectivity index (χ1v) is 39.2. The first-order valence-electron chi connectivity index (χ1n) is 38.3. The molecular weight excluding hydrogens is 1280 g/mol. The Morgan fingerprint density at radius 1 is 0.485 bits per heavy atom. The second kappa shape index (κ2) is 46.1. The van der Waals surface area contributed by atoms with Gasteiger partial charge in [0.15, 0.2) is 28.9 Å². The van der Waals surface area contributed by atoms with Crippen LogP contribution in [0.3, 0.4) is 0 Å². The number of thioether (sulfide) groups is 1. The zero-order valence-corrected chi connectivity index (χ0v) is 67.5. The fraction of sp³-hybridized carbons (Fsp3) is 0.652. The zero-order chi connectivity index (χ0) is 76.4. The number of carbonyl (C=O) groups excluding carboxylic acids is 5. The van der Waals surface area contributed by atoms with Gasteiger partial charge in [0.05, 0.1) is 28.5 Å². The molecule has 0 heterocycles. The molecule has 0 bridgehead atoms. The number of benzene rings is 1. The zero-order valence-electron chi connectivity index (χ0n) is 66.7. The van der Waals surface area contributed by atoms with E-state index < -0.39 is 22.4 Å². The average Bonchev–Trinajstić information content (AvgIpc) is 0.695. The van der Waals surface area contributed by atoms with Crippen molar-refractivity contribution in [1.29, 1.82) is 0 Å². The van der Waals surface area contributed by atoms with E-state index in [0.717, 1.165) is 142 Å². The highest BCUT2D eigenvalue weighted by Gasteiger charge is 2.37. The number of aliphatic hydroxyl groups excluding tert-OH is 2. The highest BCUT2D eigenvalue weighted by Crippen LogP contribution is 2.38. The van der Waals surface area contributed by atoms with Crippen molar-refractivity contribution in [1.82, 2.24) is 0 Å². The van der Waals surface area contributed by atoms with Crippen LogP contribution in [0.15, 0.2) is 152 Å². The Kier molecular flexibility index (Phi) is 42.1. The molecule has 1 aromatic carbocycles. The monoisotopic (exact) mass is 1420 g/mol. The molecule has 6 aliphatic rings. The SMILES string of the molecule is CC(C)=CCC/C(C)=C/CC[C@@](C)(O)[C@@H]1CC=C(C)C(=O)C1.CC(C)=CCC/C(C)=C/CC[C@](C)(O)[C@@H]1CC=C(C)C(=O)C1.CC1=CC[C@@H](C(C)(C)O)CC1=O.CC1=CC[C@@H](C(C)(C)O)C[C@@H]1O.CCC(CO)[C@@H]1CC=C(C)C(=O)C1.CCCC(CSc1ccccc1)[C@@H]1CC=C(C)C(=O)C1. The molecule has 568 valence electrons. The average molecular weight is 1420 g/mol. The summed E-state index contributed by atoms with van der Waals surface area (Å²) in [5.41, 5.74) is 8.00. The molecule has 0 aliphatic heterocycles. The summed E-state index contributed by atoms with van der Waals surface area (Å²) in [5, 5.41) is 59.4. The number of ketones is 5. The fourth-order valence-corrected chi connectivity index (χ4v) is 14.7. The standard InChI is InChI=1S/2C20H32O2.C18H24OS.C11H18O2.C10H18O2.C10H16O2/c2*1-15(2)8-6-9-16(3)10-7-13-20(5,22)18-12-11-17(4)19(21)14-18;1-3-7-16(13-20-17-8-5-4-6-9-17)15-11-10-14(2)18(19)12-15;1-3-9(7-12)10-5-4-8(2)11(13)6-10;2*1-7-4-5-8(6-9(7)11)10(2,3)12/h2*8,10-11,18,22H,6-7,9,12-14H2,1-5H3;4-6,8-10,15-16H,3,7,11-13H2,1-2H3;4,9-10,12H,3,5-7H2,1-2H3;4,8-9,11-12H,5-6H2,1-3H3;4,8,12H,5-6H2,1-3H3/b2*16-10+;;;;/t18-,20+;18-,20-;15-,16?;9?,10-;8-,9+;8-/m111111/s1. The number of hydrogen-bond donors (Lipinski definition) is 6. The summed E-state index contributed by atoms with van der Waals surface area (Å²) in [6, 6.07) is 10.6. The third kappa shape index (κ3) is 36.1. The maximum Gasteiger partial charge on any atom is 0.158 e. The van der Waals surface area contributed by atoms with Crippen molar-refractivity contribution in [3.63, 3.8) is 0 Å². The Morgan fingerprint density at radius 3 is 1.20 bits per heavy atom. The lowest BCUT2D eigenvalue weighted by molar-refractivity contribution is -0.120. The number of Topliss-reactive ketones (excluding diaryl/α,β-unsaturated/α-hetero) is 5. The van der Waals surface area contributed by atoms with Gasteiger partial charge in [0, 0.05) is 49.4 Å². The van der Waals surface area contributed by atoms with Crippen molar-refractivity contribution >= 4 is 40.7 Å². The molecule has 6 aliphatic carbocycles. The van der Waals surface area contributed by atoms with Gasteiger partial charge < -0.3 is 30.6 Å². The van der Waals surface area contributed by atoms with E-state index in [0.29, 0.717) is 61.6 Å². The van der Waals surface area contributed by atoms with Crippen molar-refractivity contribution in [2.45, 2.75) is 320 Å². The molecule has 1 aromatic rings. The van der Waals surface area contributed by atoms with Crippen LogP contribution in [0.4, 0.5) is 0 Å². The fourth-order valence-electron chi connectivity index (χ4n) is 13.5. The quantitative estimate of drug-likeness (QED) is 0.0399. The van der Waals surface area contributed by atoms with Gasteiger partial charge in [0.25, 0.3) is 0 Å². The van der Waals surface area contributed by atoms with Crippen molar-refractivity contribution < 1.29 is 54.6 Å². The number of allylic oxidation sites excluding steroid dienone is 19. The maximum atomic E-state index is 11.9. The predicted octanol–water partition coefficient (Wildman–Crippen LogP) is 20.5. The molecule has 2 unspecified atom stereocenters. The van der Waals surface area contributed by atoms with Gasteiger partial charge in [0.2, 0.25) is 0 Å². The number of rotatable bonds is 25. The minimum atomic E-state index is -0.760. The first kappa shape index (κ1) is 92.2. The normalized spacial score (nSPS) is 23.8. The van der Waals surface area contributed by atoms with E-state index in [1.165, 1.54) is 40.0 Å². The van der Waals surface area contributed by atoms with Gasteiger partial charge in [0.1, 0.15) is 0 Å². The number of hydrogen-bond acceptors (Lipinski definition) is 12. The Morgan fingerprint density at radius 2 is 0.851 bits per heavy atom. The van der Waals surface area contributed by atoms with Gasteiger partial charge in [-0.25, -0.2) is 0 Å². The molecule has 0 fully saturated rings. The Bertz CT molecular complexity index is 2980. The second-order valence-electron chi connectivity index (χ2n) is 32.4. The smallest absolute Gasteiger partial charge is 0.158 e. The topological polar surface area (TPSA) is 207 Å². The lowest BCUT2D eigenvalue weighted by Gasteiger charge is -2.34. The molecule has 0 amide bonds. The second-order valence-corrected chi connectivity index (χ2v) is 33.5. The summed E-state index contributed by atoms with van der Waals surface area (Å²) in [7, 11) is 0. The van der Waals surface area contributed by atoms with Crippen LogP contribution in [0, 0.1) is 47.3 Å². The molecule has 101 heavy (non-hydrogen) atoms. The van der Waals surface area contributed by atoms with Crippen LogP contribution in [0.5, 0.6) is 0 Å². The molecule has 12 heteroatoms. The van der Waals surface area contributed by atoms with E-state index in [4.69, 9.17) is 5.11 Å². The van der Waals surface area contributed by atoms with Crippen molar-refractivity contribution in [2.75, 3.05) is 12.4 Å². The van der Waals surface area contributed by atoms with Crippen molar-refractivity contribution in [3.8, 4) is 0 Å². The molecule has 7 rings (SSSR count). The molecule has 0 aromatic heterocycles. The van der Waals surface area contributed by atoms with Crippen LogP contribution in [0.1, 0.15) is 286 Å². The van der Waals surface area contributed by atoms with E-state index in [1.807, 2.05) is 97.5 Å². The highest BCUT2D eigenvalue weighted by atomic mass is 32.2. The van der Waals surface area contributed by atoms with Crippen LogP contribution in [0.2, 0.25) is 0 Å². The van der Waals surface area contributed by atoms with Gasteiger partial charge in [-0.05, 0) is 320 Å². The summed E-state index contributed by atoms with van der Waals surface area (Å²) in [4.78, 5) is 59.5. The lowest BCUT2D eigenvalue weighted by Crippen LogP contribution is -2.37. The van der Waals surface area contributed by atoms with E-state index in [9.17, 15) is 49.5 Å². The largest absolute Gasteiger partial charge is 0.396 e. The van der Waals surface area contributed by atoms with Gasteiger partial charge >= 0.3 is 0 Å². The Balaban J connectivity index is 0.000000419. The molecule has 6 N–H and O–H groups in total. The van der Waals surface area contributed by atoms with Crippen LogP contribution in [0.25, 0.3) is 0 Å². The molecule has 0 saturated carbocycles. The van der Waals surface area contributed by atoms with Gasteiger partial charge in [-0.15, -0.1) is 11.8 Å². The number of aliphatic hydroxyl groups is 6. The molecule has 0 radical (unpaired) electrons. The van der Waals surface area contributed by atoms with Gasteiger partial charge in [-0.3, -0.25) is 24.0 Å². The summed E-state index contributed by atoms with van der Waals surface area (Å²) >= 11 is 1.93. The Hall–Kier alpha value is -4.92. The third-order valence-corrected chi connectivity index (χ3v) is 23.1. The van der Waals surface area contributed by atoms with Gasteiger partial charge in [-0.1, -0.05) is 128 Å². The van der Waals surface area contributed by atoms with Crippen LogP contribution >= 0.6 is 11.8 Å². The minimum absolute atomic E-state index is 0.0584. The van der Waals surface area contributed by atoms with E-state index in [-0.39, 0.29) is 59.5 Å². The molecule has 11 atom stereocenters. The maximum absolute atomic E-state index is 11.9. The van der Waals surface area contributed by atoms with Gasteiger partial charge in [-0.2, -0.15) is 0 Å². The van der Waals surface area contributed by atoms with E-state index in [2.05, 4.69) is 116 Å². The van der Waals surface area contributed by atoms with Crippen LogP contribution in [-0.2, 0) is 24.0 Å². The summed E-state index contributed by atoms with van der Waals surface area (Å²) in [5.74, 6) is 4.54. The molecule has 11 nitrogen and oxygen atoms in total. The summed E-state index contributed by atoms with van der Waals surface area (Å²) in [6.07, 6.45) is 40.5. The van der Waals surface area contributed by atoms with Crippen molar-refractivity contribution in [3.05, 3.63) is 147 Å². The summed E-state index contributed by atoms with van der Waals surface area (Å²) in [6.45, 7) is 39.5. The van der Waals surface area contributed by atoms with E-state index in [1.54, 1.807) is 27.7 Å². The summed E-state index contributed by atoms with van der Waals surface area (Å²) < 4.78 is 0. The molecule has 0 saturated heterocycles. The predicted molar refractivity (Wildman–Crippen MR) is 424 cm³/mol. The molecule has 0 spiro atoms. The third-order valence-electron chi connectivity index (χ3n) is 21.9. The van der Waals surface area contributed by atoms with Crippen molar-refractivity contribution in [2.24, 2.45) is 47.3 Å². The number of carbonyl (C=O) groups is 5. The first-order chi connectivity index (χ1) is 47.1. The highest BCUT2D eigenvalue weighted by molar-refractivity contribution is 7.99. The Labute approximate surface area is 618 Å². The lowest BCUT2D eigenvalue weighted by atomic mass is 9.76.